The van der Waals surface area contributed by atoms with E-state index >= 15 is 0 Å². The highest BCUT2D eigenvalue weighted by Crippen LogP contribution is 2.15. The highest BCUT2D eigenvalue weighted by molar-refractivity contribution is 5.29. The second kappa shape index (κ2) is 5.79. The number of nitrogens with zero attached hydrogens (tertiary/aromatic N) is 7. The van der Waals surface area contributed by atoms with Crippen molar-refractivity contribution in [3.8, 4) is 0 Å². The Labute approximate surface area is 132 Å². The number of hydrogen-bond donors (Lipinski definition) is 0. The van der Waals surface area contributed by atoms with Crippen LogP contribution in [0.15, 0.2) is 37.1 Å². The summed E-state index contributed by atoms with van der Waals surface area (Å²) in [7, 11) is 0. The average Bonchev–Trinajstić information content (AvgIpc) is 3.15. The van der Waals surface area contributed by atoms with Crippen molar-refractivity contribution in [2.45, 2.75) is 19.5 Å². The first kappa shape index (κ1) is 13.9. The van der Waals surface area contributed by atoms with Gasteiger partial charge in [0.2, 0.25) is 5.95 Å². The summed E-state index contributed by atoms with van der Waals surface area (Å²) in [5.74, 6) is 1.19. The molecule has 1 aliphatic heterocycles. The monoisotopic (exact) mass is 313 g/mol. The number of aromatic nitrogens is 6. The molecule has 0 unspecified atom stereocenters. The van der Waals surface area contributed by atoms with Crippen LogP contribution in [-0.2, 0) is 19.5 Å². The van der Waals surface area contributed by atoms with E-state index in [2.05, 4.69) is 29.5 Å². The van der Waals surface area contributed by atoms with E-state index in [1.165, 1.54) is 12.4 Å². The van der Waals surface area contributed by atoms with E-state index in [1.807, 2.05) is 23.1 Å². The molecule has 0 N–H and O–H groups in total. The third-order valence-electron chi connectivity index (χ3n) is 3.99. The van der Waals surface area contributed by atoms with Gasteiger partial charge in [0.25, 0.3) is 0 Å². The first-order valence-electron chi connectivity index (χ1n) is 7.53. The summed E-state index contributed by atoms with van der Waals surface area (Å²) in [4.78, 5) is 14.7. The predicted octanol–water partition coefficient (Wildman–Crippen LogP) is 1.12. The molecule has 0 saturated carbocycles. The van der Waals surface area contributed by atoms with E-state index in [4.69, 9.17) is 0 Å². The van der Waals surface area contributed by atoms with Crippen LogP contribution in [-0.4, -0.2) is 42.4 Å². The number of rotatable bonds is 3. The molecule has 3 aromatic heterocycles. The second-order valence-corrected chi connectivity index (χ2v) is 5.46. The van der Waals surface area contributed by atoms with E-state index < -0.39 is 5.82 Å². The quantitative estimate of drug-likeness (QED) is 0.725. The first-order chi connectivity index (χ1) is 11.3. The molecule has 0 radical (unpaired) electrons. The molecule has 0 saturated heterocycles. The van der Waals surface area contributed by atoms with E-state index in [0.29, 0.717) is 12.5 Å². The van der Waals surface area contributed by atoms with Gasteiger partial charge in [-0.3, -0.25) is 4.68 Å². The Morgan fingerprint density at radius 3 is 2.70 bits per heavy atom. The van der Waals surface area contributed by atoms with Gasteiger partial charge in [-0.2, -0.15) is 5.10 Å². The van der Waals surface area contributed by atoms with Gasteiger partial charge in [0.1, 0.15) is 5.82 Å². The Balaban J connectivity index is 1.52. The second-order valence-electron chi connectivity index (χ2n) is 5.46. The van der Waals surface area contributed by atoms with Crippen LogP contribution < -0.4 is 4.90 Å². The molecule has 0 fully saturated rings. The summed E-state index contributed by atoms with van der Waals surface area (Å²) in [5, 5.41) is 4.24. The Morgan fingerprint density at radius 1 is 1.04 bits per heavy atom. The van der Waals surface area contributed by atoms with Gasteiger partial charge in [-0.25, -0.2) is 19.3 Å². The van der Waals surface area contributed by atoms with Gasteiger partial charge in [-0.05, 0) is 6.07 Å². The maximum absolute atomic E-state index is 13.0. The van der Waals surface area contributed by atoms with E-state index in [9.17, 15) is 4.39 Å². The summed E-state index contributed by atoms with van der Waals surface area (Å²) in [6, 6.07) is 1.91. The highest BCUT2D eigenvalue weighted by Gasteiger charge is 2.19. The number of anilines is 1. The molecule has 4 rings (SSSR count). The van der Waals surface area contributed by atoms with E-state index in [-0.39, 0.29) is 0 Å². The maximum Gasteiger partial charge on any atom is 0.225 e. The largest absolute Gasteiger partial charge is 0.339 e. The van der Waals surface area contributed by atoms with Crippen LogP contribution in [0, 0.1) is 5.82 Å². The molecule has 4 heterocycles. The zero-order valence-electron chi connectivity index (χ0n) is 12.5. The molecule has 1 aliphatic rings. The molecule has 0 bridgehead atoms. The van der Waals surface area contributed by atoms with Crippen LogP contribution >= 0.6 is 0 Å². The molecule has 8 heteroatoms. The Hall–Kier alpha value is -2.77. The zero-order valence-corrected chi connectivity index (χ0v) is 12.5. The van der Waals surface area contributed by atoms with Crippen LogP contribution in [0.4, 0.5) is 10.3 Å². The molecule has 23 heavy (non-hydrogen) atoms. The standard InChI is InChI=1S/C15H16FN7/c16-12-8-18-15(19-9-12)21-5-2-14-17-10-13(23(14)7-6-21)11-22-4-1-3-20-22/h1,3-4,8-10H,2,5-7,11H2. The number of fused-ring (bicyclic) bond motifs is 1. The van der Waals surface area contributed by atoms with Gasteiger partial charge >= 0.3 is 0 Å². The highest BCUT2D eigenvalue weighted by atomic mass is 19.1. The van der Waals surface area contributed by atoms with Crippen molar-refractivity contribution in [2.75, 3.05) is 18.0 Å². The van der Waals surface area contributed by atoms with Gasteiger partial charge in [0, 0.05) is 38.4 Å². The van der Waals surface area contributed by atoms with Crippen molar-refractivity contribution in [3.63, 3.8) is 0 Å². The molecule has 0 aromatic carbocycles. The van der Waals surface area contributed by atoms with Crippen molar-refractivity contribution in [1.82, 2.24) is 29.3 Å². The van der Waals surface area contributed by atoms with Crippen molar-refractivity contribution >= 4 is 5.95 Å². The van der Waals surface area contributed by atoms with Crippen molar-refractivity contribution in [3.05, 3.63) is 54.4 Å². The number of halogens is 1. The number of hydrogen-bond acceptors (Lipinski definition) is 5. The molecule has 7 nitrogen and oxygen atoms in total. The summed E-state index contributed by atoms with van der Waals surface area (Å²) in [6.45, 7) is 3.03. The smallest absolute Gasteiger partial charge is 0.225 e. The lowest BCUT2D eigenvalue weighted by atomic mass is 10.4. The van der Waals surface area contributed by atoms with Gasteiger partial charge in [-0.15, -0.1) is 0 Å². The van der Waals surface area contributed by atoms with Crippen molar-refractivity contribution < 1.29 is 4.39 Å². The minimum absolute atomic E-state index is 0.419. The lowest BCUT2D eigenvalue weighted by Crippen LogP contribution is -2.28. The minimum Gasteiger partial charge on any atom is -0.339 e. The molecule has 0 amide bonds. The number of imidazole rings is 1. The fraction of sp³-hybridized carbons (Fsp3) is 0.333. The molecule has 0 spiro atoms. The topological polar surface area (TPSA) is 64.7 Å². The van der Waals surface area contributed by atoms with Gasteiger partial charge in [-0.1, -0.05) is 0 Å². The minimum atomic E-state index is -0.419. The van der Waals surface area contributed by atoms with Gasteiger partial charge in [0.15, 0.2) is 5.82 Å². The third-order valence-corrected chi connectivity index (χ3v) is 3.99. The van der Waals surface area contributed by atoms with Crippen LogP contribution in [0.1, 0.15) is 11.5 Å². The average molecular weight is 313 g/mol. The van der Waals surface area contributed by atoms with Gasteiger partial charge in [0.05, 0.1) is 30.8 Å². The Morgan fingerprint density at radius 2 is 1.91 bits per heavy atom. The van der Waals surface area contributed by atoms with Crippen LogP contribution in [0.5, 0.6) is 0 Å². The summed E-state index contributed by atoms with van der Waals surface area (Å²) in [5.41, 5.74) is 1.13. The van der Waals surface area contributed by atoms with E-state index in [0.717, 1.165) is 37.6 Å². The molecule has 118 valence electrons. The van der Waals surface area contributed by atoms with Crippen LogP contribution in [0.25, 0.3) is 0 Å². The zero-order chi connectivity index (χ0) is 15.6. The SMILES string of the molecule is Fc1cnc(N2CCc3ncc(Cn4cccn4)n3CC2)nc1. The Kier molecular flexibility index (Phi) is 3.49. The summed E-state index contributed by atoms with van der Waals surface area (Å²) < 4.78 is 17.1. The normalized spacial score (nSPS) is 14.6. The molecular weight excluding hydrogens is 297 g/mol. The molecule has 0 aliphatic carbocycles. The van der Waals surface area contributed by atoms with Gasteiger partial charge < -0.3 is 9.47 Å². The Bertz CT molecular complexity index is 779. The van der Waals surface area contributed by atoms with Crippen molar-refractivity contribution in [1.29, 1.82) is 0 Å². The summed E-state index contributed by atoms with van der Waals surface area (Å²) in [6.07, 6.45) is 8.84. The molecular formula is C15H16FN7. The van der Waals surface area contributed by atoms with Crippen LogP contribution in [0.3, 0.4) is 0 Å². The first-order valence-corrected chi connectivity index (χ1v) is 7.53. The van der Waals surface area contributed by atoms with E-state index in [1.54, 1.807) is 6.20 Å². The van der Waals surface area contributed by atoms with Crippen LogP contribution in [0.2, 0.25) is 0 Å². The predicted molar refractivity (Wildman–Crippen MR) is 81.5 cm³/mol. The fourth-order valence-corrected chi connectivity index (χ4v) is 2.85. The summed E-state index contributed by atoms with van der Waals surface area (Å²) >= 11 is 0. The maximum atomic E-state index is 13.0. The third kappa shape index (κ3) is 2.79. The fourth-order valence-electron chi connectivity index (χ4n) is 2.85. The lowest BCUT2D eigenvalue weighted by Gasteiger charge is -2.19. The lowest BCUT2D eigenvalue weighted by molar-refractivity contribution is 0.596. The molecule has 3 aromatic rings. The van der Waals surface area contributed by atoms with Crippen molar-refractivity contribution in [2.24, 2.45) is 0 Å². The molecule has 0 atom stereocenters.